The van der Waals surface area contributed by atoms with Gasteiger partial charge in [-0.25, -0.2) is 7.98 Å². The predicted octanol–water partition coefficient (Wildman–Crippen LogP) is 2.61. The van der Waals surface area contributed by atoms with Gasteiger partial charge < -0.3 is 0 Å². The zero-order valence-electron chi connectivity index (χ0n) is 7.42. The Balaban J connectivity index is 3.07. The van der Waals surface area contributed by atoms with Crippen LogP contribution in [0.25, 0.3) is 10.9 Å². The molecule has 14 heavy (non-hydrogen) atoms. The molecule has 4 heteroatoms. The lowest BCUT2D eigenvalue weighted by molar-refractivity contribution is 0.635. The van der Waals surface area contributed by atoms with Crippen LogP contribution in [0.2, 0.25) is 0 Å². The summed E-state index contributed by atoms with van der Waals surface area (Å²) in [5, 5.41) is 0.707. The molecule has 2 nitrogen and oxygen atoms in total. The molecular weight excluding hydrogens is 249 g/mol. The molecule has 0 radical (unpaired) electrons. The molecule has 0 N–H and O–H groups in total. The third-order valence-corrected chi connectivity index (χ3v) is 2.78. The minimum absolute atomic E-state index is 0.234. The second kappa shape index (κ2) is 3.20. The molecule has 0 unspecified atom stereocenters. The largest absolute Gasteiger partial charge is 0.268 e. The number of hydrogen-bond donors (Lipinski definition) is 0. The van der Waals surface area contributed by atoms with Gasteiger partial charge >= 0.3 is 0 Å². The molecule has 1 aromatic carbocycles. The maximum absolute atomic E-state index is 13.4. The molecule has 0 spiro atoms. The molecule has 0 fully saturated rings. The fraction of sp³-hybridized carbons (Fsp3) is 0.100. The van der Waals surface area contributed by atoms with Crippen LogP contribution >= 0.6 is 16.1 Å². The maximum Gasteiger partial charge on any atom is 0.264 e. The lowest BCUT2D eigenvalue weighted by Crippen LogP contribution is -2.15. The molecule has 0 saturated carbocycles. The van der Waals surface area contributed by atoms with E-state index in [1.54, 1.807) is 25.1 Å². The number of nitrogens with zero attached hydrogens (tertiary/aromatic N) is 1. The Morgan fingerprint density at radius 1 is 1.43 bits per heavy atom. The fourth-order valence-electron chi connectivity index (χ4n) is 1.41. The van der Waals surface area contributed by atoms with E-state index < -0.39 is 5.82 Å². The van der Waals surface area contributed by atoms with Gasteiger partial charge in [-0.2, -0.15) is 0 Å². The van der Waals surface area contributed by atoms with Crippen molar-refractivity contribution in [3.05, 3.63) is 46.0 Å². The lowest BCUT2D eigenvalue weighted by atomic mass is 10.2. The molecule has 2 aromatic rings. The van der Waals surface area contributed by atoms with Crippen molar-refractivity contribution in [1.29, 1.82) is 0 Å². The smallest absolute Gasteiger partial charge is 0.264 e. The summed E-state index contributed by atoms with van der Waals surface area (Å²) in [5.41, 5.74) is 0.630. The first-order valence-corrected chi connectivity index (χ1v) is 4.79. The third-order valence-electron chi connectivity index (χ3n) is 2.10. The second-order valence-corrected chi connectivity index (χ2v) is 3.80. The van der Waals surface area contributed by atoms with Gasteiger partial charge in [-0.15, -0.1) is 0 Å². The van der Waals surface area contributed by atoms with Crippen molar-refractivity contribution in [3.63, 3.8) is 0 Å². The Hall–Kier alpha value is -1.16. The van der Waals surface area contributed by atoms with E-state index in [0.29, 0.717) is 10.9 Å². The Labute approximate surface area is 88.3 Å². The monoisotopic (exact) mass is 255 g/mol. The number of rotatable bonds is 0. The summed E-state index contributed by atoms with van der Waals surface area (Å²) in [4.78, 5) is 11.5. The van der Waals surface area contributed by atoms with Gasteiger partial charge in [0.1, 0.15) is 5.82 Å². The Morgan fingerprint density at radius 3 is 2.86 bits per heavy atom. The van der Waals surface area contributed by atoms with Crippen LogP contribution < -0.4 is 5.56 Å². The van der Waals surface area contributed by atoms with Crippen molar-refractivity contribution in [2.24, 2.45) is 0 Å². The molecule has 0 aliphatic rings. The zero-order valence-corrected chi connectivity index (χ0v) is 9.01. The summed E-state index contributed by atoms with van der Waals surface area (Å²) < 4.78 is 14.5. The van der Waals surface area contributed by atoms with E-state index in [4.69, 9.17) is 0 Å². The van der Waals surface area contributed by atoms with Gasteiger partial charge in [0, 0.05) is 10.9 Å². The molecule has 0 atom stereocenters. The van der Waals surface area contributed by atoms with E-state index in [1.165, 1.54) is 6.07 Å². The number of aromatic nitrogens is 1. The minimum atomic E-state index is -0.406. The number of hydrogen-bond acceptors (Lipinski definition) is 1. The molecule has 1 aromatic heterocycles. The third kappa shape index (κ3) is 1.26. The zero-order chi connectivity index (χ0) is 10.3. The van der Waals surface area contributed by atoms with Crippen LogP contribution in [0.1, 0.15) is 5.56 Å². The van der Waals surface area contributed by atoms with Crippen molar-refractivity contribution in [2.45, 2.75) is 6.92 Å². The van der Waals surface area contributed by atoms with Crippen LogP contribution in [0.5, 0.6) is 0 Å². The quantitative estimate of drug-likeness (QED) is 0.710. The molecule has 72 valence electrons. The number of benzene rings is 1. The number of halogens is 2. The van der Waals surface area contributed by atoms with Crippen molar-refractivity contribution in [2.75, 3.05) is 0 Å². The summed E-state index contributed by atoms with van der Waals surface area (Å²) in [6, 6.07) is 6.39. The number of pyridine rings is 1. The molecule has 0 bridgehead atoms. The summed E-state index contributed by atoms with van der Waals surface area (Å²) in [7, 11) is 0. The van der Waals surface area contributed by atoms with E-state index >= 15 is 0 Å². The summed E-state index contributed by atoms with van der Waals surface area (Å²) in [6.45, 7) is 1.70. The van der Waals surface area contributed by atoms with Gasteiger partial charge in [-0.05, 0) is 19.1 Å². The maximum atomic E-state index is 13.4. The normalized spacial score (nSPS) is 10.8. The van der Waals surface area contributed by atoms with Gasteiger partial charge in [0.25, 0.3) is 5.56 Å². The fourth-order valence-corrected chi connectivity index (χ4v) is 2.06. The summed E-state index contributed by atoms with van der Waals surface area (Å²) >= 11 is 3.05. The van der Waals surface area contributed by atoms with Gasteiger partial charge in [0.2, 0.25) is 0 Å². The van der Waals surface area contributed by atoms with Crippen LogP contribution in [0, 0.1) is 12.7 Å². The highest BCUT2D eigenvalue weighted by Crippen LogP contribution is 2.18. The molecule has 0 aliphatic heterocycles. The second-order valence-electron chi connectivity index (χ2n) is 3.09. The molecule has 0 aliphatic carbocycles. The van der Waals surface area contributed by atoms with Gasteiger partial charge in [-0.3, -0.25) is 4.79 Å². The highest BCUT2D eigenvalue weighted by atomic mass is 79.9. The van der Waals surface area contributed by atoms with E-state index in [-0.39, 0.29) is 11.1 Å². The molecule has 2 rings (SSSR count). The van der Waals surface area contributed by atoms with Gasteiger partial charge in [0.15, 0.2) is 0 Å². The first-order valence-electron chi connectivity index (χ1n) is 4.08. The van der Waals surface area contributed by atoms with Crippen molar-refractivity contribution in [1.82, 2.24) is 3.59 Å². The van der Waals surface area contributed by atoms with Crippen molar-refractivity contribution < 1.29 is 4.39 Å². The molecule has 0 amide bonds. The minimum Gasteiger partial charge on any atom is -0.268 e. The standard InChI is InChI=1S/C10H7BrFNO/c1-6-5-7-3-2-4-8(12)9(7)13(11)10(6)14/h2-5H,1H3. The highest BCUT2D eigenvalue weighted by molar-refractivity contribution is 9.08. The average molecular weight is 256 g/mol. The molecule has 0 saturated heterocycles. The first kappa shape index (κ1) is 9.40. The SMILES string of the molecule is Cc1cc2cccc(F)c2n(Br)c1=O. The van der Waals surface area contributed by atoms with E-state index in [2.05, 4.69) is 16.1 Å². The van der Waals surface area contributed by atoms with Crippen molar-refractivity contribution >= 4 is 27.1 Å². The van der Waals surface area contributed by atoms with Crippen molar-refractivity contribution in [3.8, 4) is 0 Å². The molecule has 1 heterocycles. The van der Waals surface area contributed by atoms with E-state index in [0.717, 1.165) is 3.59 Å². The van der Waals surface area contributed by atoms with E-state index in [1.807, 2.05) is 0 Å². The predicted molar refractivity (Wildman–Crippen MR) is 57.2 cm³/mol. The summed E-state index contributed by atoms with van der Waals surface area (Å²) in [6.07, 6.45) is 0. The number of para-hydroxylation sites is 1. The Kier molecular flexibility index (Phi) is 2.15. The Morgan fingerprint density at radius 2 is 2.14 bits per heavy atom. The van der Waals surface area contributed by atoms with Crippen LogP contribution in [0.3, 0.4) is 0 Å². The van der Waals surface area contributed by atoms with Crippen LogP contribution in [0.4, 0.5) is 4.39 Å². The number of fused-ring (bicyclic) bond motifs is 1. The van der Waals surface area contributed by atoms with Crippen LogP contribution in [-0.4, -0.2) is 3.59 Å². The van der Waals surface area contributed by atoms with Gasteiger partial charge in [0.05, 0.1) is 21.7 Å². The molecular formula is C10H7BrFNO. The Bertz CT molecular complexity index is 562. The highest BCUT2D eigenvalue weighted by Gasteiger charge is 2.07. The van der Waals surface area contributed by atoms with Crippen LogP contribution in [-0.2, 0) is 0 Å². The van der Waals surface area contributed by atoms with Gasteiger partial charge in [-0.1, -0.05) is 12.1 Å². The van der Waals surface area contributed by atoms with E-state index in [9.17, 15) is 9.18 Å². The number of aryl methyl sites for hydroxylation is 1. The summed E-state index contributed by atoms with van der Waals surface area (Å²) in [5.74, 6) is -0.406. The average Bonchev–Trinajstić information content (AvgIpc) is 2.14. The van der Waals surface area contributed by atoms with Crippen LogP contribution in [0.15, 0.2) is 29.1 Å². The topological polar surface area (TPSA) is 22.0 Å². The lowest BCUT2D eigenvalue weighted by Gasteiger charge is -2.04. The first-order chi connectivity index (χ1) is 6.61.